The lowest BCUT2D eigenvalue weighted by molar-refractivity contribution is -0.133. The van der Waals surface area contributed by atoms with Crippen LogP contribution >= 0.6 is 0 Å². The lowest BCUT2D eigenvalue weighted by atomic mass is 9.98. The standard InChI is InChI=1S/C22H26FN3O4/c1-4-14(2)19(24-21(28)16-8-6-5-7-9-16)22(29)26-25-20(27)15(3)30-18-12-10-17(23)11-13-18/h5-15,19H,4H2,1-3H3,(H,24,28)(H,25,27)(H,26,29)/t14-,15+,19-/m0/s1. The summed E-state index contributed by atoms with van der Waals surface area (Å²) in [7, 11) is 0. The van der Waals surface area contributed by atoms with Crippen molar-refractivity contribution in [3.05, 3.63) is 66.0 Å². The molecule has 0 saturated carbocycles. The van der Waals surface area contributed by atoms with Crippen LogP contribution in [0.2, 0.25) is 0 Å². The van der Waals surface area contributed by atoms with E-state index in [1.165, 1.54) is 31.2 Å². The minimum absolute atomic E-state index is 0.164. The summed E-state index contributed by atoms with van der Waals surface area (Å²) in [5.74, 6) is -1.78. The van der Waals surface area contributed by atoms with Crippen LogP contribution < -0.4 is 20.9 Å². The fraction of sp³-hybridized carbons (Fsp3) is 0.318. The first-order chi connectivity index (χ1) is 14.3. The van der Waals surface area contributed by atoms with E-state index < -0.39 is 29.8 Å². The highest BCUT2D eigenvalue weighted by Crippen LogP contribution is 2.13. The zero-order valence-corrected chi connectivity index (χ0v) is 17.1. The van der Waals surface area contributed by atoms with Crippen LogP contribution in [0.5, 0.6) is 5.75 Å². The van der Waals surface area contributed by atoms with Gasteiger partial charge in [0.05, 0.1) is 0 Å². The first kappa shape index (κ1) is 22.9. The van der Waals surface area contributed by atoms with E-state index in [0.717, 1.165) is 0 Å². The Kier molecular flexibility index (Phi) is 8.34. The van der Waals surface area contributed by atoms with E-state index in [-0.39, 0.29) is 11.8 Å². The van der Waals surface area contributed by atoms with Crippen LogP contribution in [-0.4, -0.2) is 29.9 Å². The van der Waals surface area contributed by atoms with E-state index in [0.29, 0.717) is 17.7 Å². The lowest BCUT2D eigenvalue weighted by Gasteiger charge is -2.24. The molecule has 0 saturated heterocycles. The van der Waals surface area contributed by atoms with Crippen molar-refractivity contribution in [1.82, 2.24) is 16.2 Å². The van der Waals surface area contributed by atoms with Gasteiger partial charge in [-0.1, -0.05) is 38.5 Å². The van der Waals surface area contributed by atoms with Gasteiger partial charge >= 0.3 is 0 Å². The van der Waals surface area contributed by atoms with Crippen molar-refractivity contribution >= 4 is 17.7 Å². The monoisotopic (exact) mass is 415 g/mol. The third-order valence-corrected chi connectivity index (χ3v) is 4.62. The molecule has 3 amide bonds. The summed E-state index contributed by atoms with van der Waals surface area (Å²) in [4.78, 5) is 37.3. The van der Waals surface area contributed by atoms with Gasteiger partial charge < -0.3 is 10.1 Å². The van der Waals surface area contributed by atoms with Gasteiger partial charge in [-0.05, 0) is 49.2 Å². The molecule has 0 radical (unpaired) electrons. The summed E-state index contributed by atoms with van der Waals surface area (Å²) < 4.78 is 18.4. The summed E-state index contributed by atoms with van der Waals surface area (Å²) in [6.45, 7) is 5.22. The molecule has 0 spiro atoms. The molecule has 0 bridgehead atoms. The molecular formula is C22H26FN3O4. The quantitative estimate of drug-likeness (QED) is 0.578. The summed E-state index contributed by atoms with van der Waals surface area (Å²) in [5, 5.41) is 2.71. The Labute approximate surface area is 175 Å². The Bertz CT molecular complexity index is 858. The Morgan fingerprint density at radius 2 is 1.53 bits per heavy atom. The molecule has 2 aromatic carbocycles. The predicted molar refractivity (Wildman–Crippen MR) is 110 cm³/mol. The molecule has 3 N–H and O–H groups in total. The summed E-state index contributed by atoms with van der Waals surface area (Å²) in [6, 6.07) is 12.9. The maximum atomic E-state index is 12.9. The van der Waals surface area contributed by atoms with Crippen molar-refractivity contribution in [3.63, 3.8) is 0 Å². The maximum Gasteiger partial charge on any atom is 0.279 e. The Morgan fingerprint density at radius 3 is 2.13 bits per heavy atom. The molecule has 160 valence electrons. The van der Waals surface area contributed by atoms with E-state index in [2.05, 4.69) is 16.2 Å². The van der Waals surface area contributed by atoms with E-state index in [1.54, 1.807) is 30.3 Å². The average molecular weight is 415 g/mol. The fourth-order valence-electron chi connectivity index (χ4n) is 2.59. The summed E-state index contributed by atoms with van der Waals surface area (Å²) in [6.07, 6.45) is -0.290. The second-order valence-corrected chi connectivity index (χ2v) is 6.90. The third-order valence-electron chi connectivity index (χ3n) is 4.62. The molecule has 2 aromatic rings. The van der Waals surface area contributed by atoms with Crippen LogP contribution in [0, 0.1) is 11.7 Å². The lowest BCUT2D eigenvalue weighted by Crippen LogP contribution is -2.56. The number of hydrogen-bond acceptors (Lipinski definition) is 4. The van der Waals surface area contributed by atoms with E-state index in [1.807, 2.05) is 13.8 Å². The van der Waals surface area contributed by atoms with Crippen LogP contribution in [0.1, 0.15) is 37.6 Å². The third kappa shape index (κ3) is 6.58. The predicted octanol–water partition coefficient (Wildman–Crippen LogP) is 2.59. The highest BCUT2D eigenvalue weighted by molar-refractivity contribution is 5.97. The second-order valence-electron chi connectivity index (χ2n) is 6.90. The molecule has 0 heterocycles. The van der Waals surface area contributed by atoms with Crippen LogP contribution in [0.4, 0.5) is 4.39 Å². The Balaban J connectivity index is 1.93. The summed E-state index contributed by atoms with van der Waals surface area (Å²) >= 11 is 0. The number of benzene rings is 2. The molecule has 0 aromatic heterocycles. The number of hydrogen-bond donors (Lipinski definition) is 3. The molecule has 2 rings (SSSR count). The van der Waals surface area contributed by atoms with Crippen molar-refractivity contribution in [1.29, 1.82) is 0 Å². The second kappa shape index (κ2) is 10.9. The molecule has 0 fully saturated rings. The van der Waals surface area contributed by atoms with Crippen molar-refractivity contribution in [2.24, 2.45) is 5.92 Å². The zero-order valence-electron chi connectivity index (χ0n) is 17.1. The smallest absolute Gasteiger partial charge is 0.279 e. The zero-order chi connectivity index (χ0) is 22.1. The normalized spacial score (nSPS) is 13.5. The molecule has 0 aliphatic rings. The number of nitrogens with one attached hydrogen (secondary N) is 3. The van der Waals surface area contributed by atoms with Crippen molar-refractivity contribution in [2.45, 2.75) is 39.3 Å². The number of hydrazine groups is 1. The van der Waals surface area contributed by atoms with Crippen LogP contribution in [0.25, 0.3) is 0 Å². The minimum Gasteiger partial charge on any atom is -0.481 e. The summed E-state index contributed by atoms with van der Waals surface area (Å²) in [5.41, 5.74) is 5.07. The largest absolute Gasteiger partial charge is 0.481 e. The maximum absolute atomic E-state index is 12.9. The molecular weight excluding hydrogens is 389 g/mol. The Morgan fingerprint density at radius 1 is 0.933 bits per heavy atom. The number of carbonyl (C=O) groups is 3. The van der Waals surface area contributed by atoms with Gasteiger partial charge in [0.1, 0.15) is 17.6 Å². The molecule has 0 aliphatic heterocycles. The van der Waals surface area contributed by atoms with E-state index in [4.69, 9.17) is 4.74 Å². The average Bonchev–Trinajstić information content (AvgIpc) is 2.76. The molecule has 8 heteroatoms. The Hall–Kier alpha value is -3.42. The molecule has 3 atom stereocenters. The van der Waals surface area contributed by atoms with Crippen molar-refractivity contribution in [2.75, 3.05) is 0 Å². The SMILES string of the molecule is CC[C@H](C)[C@H](NC(=O)c1ccccc1)C(=O)NNC(=O)[C@@H](C)Oc1ccc(F)cc1. The molecule has 30 heavy (non-hydrogen) atoms. The first-order valence-electron chi connectivity index (χ1n) is 9.69. The highest BCUT2D eigenvalue weighted by atomic mass is 19.1. The molecule has 0 unspecified atom stereocenters. The number of rotatable bonds is 8. The van der Waals surface area contributed by atoms with E-state index in [9.17, 15) is 18.8 Å². The van der Waals surface area contributed by atoms with Gasteiger partial charge in [-0.2, -0.15) is 0 Å². The fourth-order valence-corrected chi connectivity index (χ4v) is 2.59. The van der Waals surface area contributed by atoms with Gasteiger partial charge in [-0.25, -0.2) is 4.39 Å². The van der Waals surface area contributed by atoms with Gasteiger partial charge in [0.2, 0.25) is 0 Å². The highest BCUT2D eigenvalue weighted by Gasteiger charge is 2.27. The van der Waals surface area contributed by atoms with Gasteiger partial charge in [0.15, 0.2) is 6.10 Å². The molecule has 0 aliphatic carbocycles. The number of carbonyl (C=O) groups excluding carboxylic acids is 3. The minimum atomic E-state index is -0.934. The van der Waals surface area contributed by atoms with Crippen LogP contribution in [0.15, 0.2) is 54.6 Å². The van der Waals surface area contributed by atoms with Gasteiger partial charge in [0.25, 0.3) is 17.7 Å². The van der Waals surface area contributed by atoms with Gasteiger partial charge in [-0.3, -0.25) is 25.2 Å². The van der Waals surface area contributed by atoms with Crippen molar-refractivity contribution < 1.29 is 23.5 Å². The topological polar surface area (TPSA) is 96.5 Å². The van der Waals surface area contributed by atoms with Crippen LogP contribution in [0.3, 0.4) is 0 Å². The number of ether oxygens (including phenoxy) is 1. The van der Waals surface area contributed by atoms with Crippen LogP contribution in [-0.2, 0) is 9.59 Å². The first-order valence-corrected chi connectivity index (χ1v) is 9.69. The van der Waals surface area contributed by atoms with Gasteiger partial charge in [-0.15, -0.1) is 0 Å². The van der Waals surface area contributed by atoms with E-state index >= 15 is 0 Å². The van der Waals surface area contributed by atoms with Crippen molar-refractivity contribution in [3.8, 4) is 5.75 Å². The number of amides is 3. The molecule has 7 nitrogen and oxygen atoms in total. The number of halogens is 1. The van der Waals surface area contributed by atoms with Gasteiger partial charge in [0, 0.05) is 5.56 Å².